The smallest absolute Gasteiger partial charge is 0.314 e. The number of halogens is 2. The number of hydrogen-bond donors (Lipinski definition) is 0. The number of nitrogens with zero attached hydrogens (tertiary/aromatic N) is 8. The number of alkyl halides is 2. The molecule has 1 aromatic carbocycles. The predicted octanol–water partition coefficient (Wildman–Crippen LogP) is 3.12. The van der Waals surface area contributed by atoms with E-state index in [0.717, 1.165) is 49.7 Å². The molecule has 4 aromatic rings. The van der Waals surface area contributed by atoms with Crippen molar-refractivity contribution in [1.29, 1.82) is 0 Å². The standard InChI is InChI=1S/C23H24F2N8O/c1-31-7-9-32(10-8-31)13-16-3-2-4-17(11-16)20-15-33(30-27-20)14-19-6-5-18(12-26-19)22-28-29-23(34-22)21(24)25/h2-6,11-12,15,21H,7-10,13-14H2,1H3. The highest BCUT2D eigenvalue weighted by atomic mass is 19.3. The molecule has 1 fully saturated rings. The molecule has 9 nitrogen and oxygen atoms in total. The molecule has 0 bridgehead atoms. The second kappa shape index (κ2) is 9.74. The van der Waals surface area contributed by atoms with Crippen LogP contribution in [0, 0.1) is 0 Å². The highest BCUT2D eigenvalue weighted by Crippen LogP contribution is 2.23. The third-order valence-corrected chi connectivity index (χ3v) is 5.79. The molecule has 0 radical (unpaired) electrons. The van der Waals surface area contributed by atoms with Crippen LogP contribution in [0.4, 0.5) is 8.78 Å². The minimum atomic E-state index is -2.80. The number of pyridine rings is 1. The maximum atomic E-state index is 12.6. The van der Waals surface area contributed by atoms with E-state index in [1.54, 1.807) is 16.8 Å². The van der Waals surface area contributed by atoms with Crippen LogP contribution in [0.15, 0.2) is 53.2 Å². The maximum Gasteiger partial charge on any atom is 0.314 e. The van der Waals surface area contributed by atoms with E-state index in [2.05, 4.69) is 60.5 Å². The number of piperazine rings is 1. The summed E-state index contributed by atoms with van der Waals surface area (Å²) in [4.78, 5) is 9.17. The molecule has 0 unspecified atom stereocenters. The van der Waals surface area contributed by atoms with E-state index in [1.165, 1.54) is 11.8 Å². The van der Waals surface area contributed by atoms with Crippen molar-refractivity contribution in [1.82, 2.24) is 40.0 Å². The summed E-state index contributed by atoms with van der Waals surface area (Å²) in [5.74, 6) is -0.698. The highest BCUT2D eigenvalue weighted by molar-refractivity contribution is 5.58. The molecule has 0 atom stereocenters. The number of hydrogen-bond acceptors (Lipinski definition) is 8. The van der Waals surface area contributed by atoms with Gasteiger partial charge in [-0.05, 0) is 30.8 Å². The Hall–Kier alpha value is -3.57. The average molecular weight is 466 g/mol. The van der Waals surface area contributed by atoms with E-state index in [9.17, 15) is 8.78 Å². The minimum absolute atomic E-state index is 0.00819. The van der Waals surface area contributed by atoms with Gasteiger partial charge in [0.25, 0.3) is 5.89 Å². The Kier molecular flexibility index (Phi) is 6.37. The average Bonchev–Trinajstić information content (AvgIpc) is 3.52. The SMILES string of the molecule is CN1CCN(Cc2cccc(-c3cn(Cc4ccc(-c5nnc(C(F)F)o5)cn4)nn3)c2)CC1. The van der Waals surface area contributed by atoms with Crippen LogP contribution in [0.3, 0.4) is 0 Å². The van der Waals surface area contributed by atoms with E-state index in [4.69, 9.17) is 4.42 Å². The van der Waals surface area contributed by atoms with Gasteiger partial charge in [0.2, 0.25) is 5.89 Å². The van der Waals surface area contributed by atoms with E-state index in [0.29, 0.717) is 12.1 Å². The molecule has 0 aliphatic carbocycles. The molecule has 176 valence electrons. The zero-order chi connectivity index (χ0) is 23.5. The Morgan fingerprint density at radius 3 is 2.56 bits per heavy atom. The quantitative estimate of drug-likeness (QED) is 0.411. The molecule has 0 N–H and O–H groups in total. The summed E-state index contributed by atoms with van der Waals surface area (Å²) in [6.45, 7) is 5.67. The first-order valence-electron chi connectivity index (χ1n) is 11.0. The predicted molar refractivity (Wildman–Crippen MR) is 120 cm³/mol. The Labute approximate surface area is 195 Å². The summed E-state index contributed by atoms with van der Waals surface area (Å²) < 4.78 is 31.9. The lowest BCUT2D eigenvalue weighted by molar-refractivity contribution is 0.116. The van der Waals surface area contributed by atoms with Crippen LogP contribution in [-0.2, 0) is 13.1 Å². The topological polar surface area (TPSA) is 89.0 Å². The van der Waals surface area contributed by atoms with Gasteiger partial charge in [-0.3, -0.25) is 9.88 Å². The molecule has 4 heterocycles. The first-order valence-corrected chi connectivity index (χ1v) is 11.0. The molecule has 0 saturated carbocycles. The summed E-state index contributed by atoms with van der Waals surface area (Å²) in [6, 6.07) is 11.9. The molecular weight excluding hydrogens is 442 g/mol. The van der Waals surface area contributed by atoms with Gasteiger partial charge in [0.15, 0.2) is 0 Å². The second-order valence-corrected chi connectivity index (χ2v) is 8.37. The van der Waals surface area contributed by atoms with Crippen molar-refractivity contribution in [3.63, 3.8) is 0 Å². The zero-order valence-electron chi connectivity index (χ0n) is 18.7. The first-order chi connectivity index (χ1) is 16.5. The van der Waals surface area contributed by atoms with Crippen molar-refractivity contribution in [3.05, 3.63) is 65.9 Å². The van der Waals surface area contributed by atoms with Gasteiger partial charge in [-0.2, -0.15) is 8.78 Å². The molecule has 11 heteroatoms. The summed E-state index contributed by atoms with van der Waals surface area (Å²) in [5.41, 5.74) is 4.27. The van der Waals surface area contributed by atoms with Gasteiger partial charge in [0.1, 0.15) is 5.69 Å². The van der Waals surface area contributed by atoms with Crippen LogP contribution in [0.5, 0.6) is 0 Å². The van der Waals surface area contributed by atoms with Crippen LogP contribution in [0.2, 0.25) is 0 Å². The van der Waals surface area contributed by atoms with Crippen LogP contribution in [0.1, 0.15) is 23.6 Å². The van der Waals surface area contributed by atoms with Crippen molar-refractivity contribution in [3.8, 4) is 22.7 Å². The van der Waals surface area contributed by atoms with Gasteiger partial charge in [-0.1, -0.05) is 23.4 Å². The lowest BCUT2D eigenvalue weighted by atomic mass is 10.1. The molecule has 0 amide bonds. The van der Waals surface area contributed by atoms with Crippen LogP contribution in [0.25, 0.3) is 22.7 Å². The van der Waals surface area contributed by atoms with Gasteiger partial charge in [-0.25, -0.2) is 4.68 Å². The monoisotopic (exact) mass is 466 g/mol. The summed E-state index contributed by atoms with van der Waals surface area (Å²) in [6.07, 6.45) is 0.595. The Bertz CT molecular complexity index is 1230. The fourth-order valence-corrected chi connectivity index (χ4v) is 3.85. The molecule has 1 saturated heterocycles. The third-order valence-electron chi connectivity index (χ3n) is 5.79. The molecule has 0 spiro atoms. The van der Waals surface area contributed by atoms with E-state index in [1.807, 2.05) is 12.3 Å². The van der Waals surface area contributed by atoms with Gasteiger partial charge in [0.05, 0.1) is 24.0 Å². The van der Waals surface area contributed by atoms with Gasteiger partial charge in [0, 0.05) is 44.5 Å². The number of likely N-dealkylation sites (N-methyl/N-ethyl adjacent to an activating group) is 1. The number of rotatable bonds is 7. The summed E-state index contributed by atoms with van der Waals surface area (Å²) >= 11 is 0. The lowest BCUT2D eigenvalue weighted by Gasteiger charge is -2.32. The molecule has 1 aliphatic heterocycles. The van der Waals surface area contributed by atoms with Crippen molar-refractivity contribution in [2.75, 3.05) is 33.2 Å². The van der Waals surface area contributed by atoms with Crippen LogP contribution < -0.4 is 0 Å². The van der Waals surface area contributed by atoms with Crippen molar-refractivity contribution < 1.29 is 13.2 Å². The fraction of sp³-hybridized carbons (Fsp3) is 0.348. The summed E-state index contributed by atoms with van der Waals surface area (Å²) in [5, 5.41) is 15.5. The van der Waals surface area contributed by atoms with Gasteiger partial charge < -0.3 is 9.32 Å². The van der Waals surface area contributed by atoms with Gasteiger partial charge in [-0.15, -0.1) is 15.3 Å². The number of aromatic nitrogens is 6. The van der Waals surface area contributed by atoms with Crippen molar-refractivity contribution in [2.45, 2.75) is 19.5 Å². The Morgan fingerprint density at radius 1 is 0.971 bits per heavy atom. The van der Waals surface area contributed by atoms with E-state index < -0.39 is 12.3 Å². The highest BCUT2D eigenvalue weighted by Gasteiger charge is 2.17. The first kappa shape index (κ1) is 22.2. The van der Waals surface area contributed by atoms with Crippen molar-refractivity contribution in [2.24, 2.45) is 0 Å². The lowest BCUT2D eigenvalue weighted by Crippen LogP contribution is -2.43. The van der Waals surface area contributed by atoms with Crippen LogP contribution in [-0.4, -0.2) is 73.2 Å². The molecule has 5 rings (SSSR count). The number of benzene rings is 1. The van der Waals surface area contributed by atoms with E-state index in [-0.39, 0.29) is 5.89 Å². The maximum absolute atomic E-state index is 12.6. The van der Waals surface area contributed by atoms with Crippen molar-refractivity contribution >= 4 is 0 Å². The minimum Gasteiger partial charge on any atom is -0.415 e. The zero-order valence-corrected chi connectivity index (χ0v) is 18.7. The molecule has 1 aliphatic rings. The second-order valence-electron chi connectivity index (χ2n) is 8.37. The molecular formula is C23H24F2N8O. The largest absolute Gasteiger partial charge is 0.415 e. The fourth-order valence-electron chi connectivity index (χ4n) is 3.85. The molecule has 34 heavy (non-hydrogen) atoms. The Morgan fingerprint density at radius 2 is 1.82 bits per heavy atom. The van der Waals surface area contributed by atoms with Crippen LogP contribution >= 0.6 is 0 Å². The normalized spacial score (nSPS) is 15.3. The molecule has 3 aromatic heterocycles. The third kappa shape index (κ3) is 5.15. The van der Waals surface area contributed by atoms with E-state index >= 15 is 0 Å². The Balaban J connectivity index is 1.23. The van der Waals surface area contributed by atoms with Gasteiger partial charge >= 0.3 is 6.43 Å². The summed E-state index contributed by atoms with van der Waals surface area (Å²) in [7, 11) is 2.16.